The van der Waals surface area contributed by atoms with Crippen LogP contribution in [-0.2, 0) is 0 Å². The van der Waals surface area contributed by atoms with Gasteiger partial charge in [-0.05, 0) is 31.6 Å². The molecule has 0 fully saturated rings. The number of anilines is 2. The lowest BCUT2D eigenvalue weighted by atomic mass is 10.1. The Morgan fingerprint density at radius 3 is 2.86 bits per heavy atom. The number of nitrogens with two attached hydrogens (primary N) is 2. The summed E-state index contributed by atoms with van der Waals surface area (Å²) in [5.74, 6) is 0. The average Bonchev–Trinajstić information content (AvgIpc) is 2.19. The first-order chi connectivity index (χ1) is 6.75. The maximum absolute atomic E-state index is 5.81. The first-order valence-corrected chi connectivity index (χ1v) is 4.71. The van der Waals surface area contributed by atoms with Crippen molar-refractivity contribution in [2.45, 2.75) is 6.42 Å². The van der Waals surface area contributed by atoms with Gasteiger partial charge >= 0.3 is 0 Å². The Morgan fingerprint density at radius 1 is 1.36 bits per heavy atom. The topological polar surface area (TPSA) is 64.1 Å². The molecule has 0 aromatic heterocycles. The Hall–Kier alpha value is -1.48. The van der Waals surface area contributed by atoms with Gasteiger partial charge in [-0.15, -0.1) is 0 Å². The van der Waals surface area contributed by atoms with Crippen molar-refractivity contribution in [1.29, 1.82) is 0 Å². The fraction of sp³-hybridized carbons (Fsp3) is 0.273. The lowest BCUT2D eigenvalue weighted by Gasteiger charge is -2.03. The summed E-state index contributed by atoms with van der Waals surface area (Å²) >= 11 is 0. The lowest BCUT2D eigenvalue weighted by molar-refractivity contribution is 0.809. The fourth-order valence-electron chi connectivity index (χ4n) is 1.18. The molecule has 0 aliphatic heterocycles. The maximum atomic E-state index is 5.81. The zero-order chi connectivity index (χ0) is 10.4. The van der Waals surface area contributed by atoms with Gasteiger partial charge in [0.05, 0.1) is 11.4 Å². The summed E-state index contributed by atoms with van der Waals surface area (Å²) in [5.41, 5.74) is 13.8. The molecule has 3 nitrogen and oxygen atoms in total. The highest BCUT2D eigenvalue weighted by Gasteiger charge is 1.96. The zero-order valence-electron chi connectivity index (χ0n) is 8.46. The van der Waals surface area contributed by atoms with Gasteiger partial charge in [0.25, 0.3) is 0 Å². The molecule has 0 aliphatic carbocycles. The van der Waals surface area contributed by atoms with Crippen LogP contribution in [0.3, 0.4) is 0 Å². The predicted octanol–water partition coefficient (Wildman–Crippen LogP) is 1.47. The number of benzene rings is 1. The average molecular weight is 191 g/mol. The van der Waals surface area contributed by atoms with Crippen LogP contribution in [0, 0.1) is 0 Å². The normalized spacial score (nSPS) is 10.9. The quantitative estimate of drug-likeness (QED) is 0.499. The molecule has 0 spiro atoms. The molecule has 0 radical (unpaired) electrons. The Bertz CT molecular complexity index is 318. The second kappa shape index (κ2) is 5.29. The SMILES string of the molecule is CNCCC=Cc1cccc(N)c1N. The van der Waals surface area contributed by atoms with Crippen molar-refractivity contribution in [3.05, 3.63) is 29.8 Å². The number of hydrogen-bond donors (Lipinski definition) is 3. The van der Waals surface area contributed by atoms with Gasteiger partial charge in [0.1, 0.15) is 0 Å². The Morgan fingerprint density at radius 2 is 2.14 bits per heavy atom. The van der Waals surface area contributed by atoms with E-state index in [2.05, 4.69) is 11.4 Å². The minimum absolute atomic E-state index is 0.640. The number of rotatable bonds is 4. The highest BCUT2D eigenvalue weighted by atomic mass is 14.8. The molecule has 14 heavy (non-hydrogen) atoms. The second-order valence-corrected chi connectivity index (χ2v) is 3.14. The van der Waals surface area contributed by atoms with Gasteiger partial charge in [-0.2, -0.15) is 0 Å². The van der Waals surface area contributed by atoms with Crippen LogP contribution in [0.2, 0.25) is 0 Å². The van der Waals surface area contributed by atoms with Crippen LogP contribution in [0.5, 0.6) is 0 Å². The highest BCUT2D eigenvalue weighted by molar-refractivity contribution is 5.75. The summed E-state index contributed by atoms with van der Waals surface area (Å²) in [5, 5.41) is 3.07. The molecule has 1 rings (SSSR count). The Balaban J connectivity index is 2.67. The molecular formula is C11H17N3. The summed E-state index contributed by atoms with van der Waals surface area (Å²) in [6.45, 7) is 0.971. The van der Waals surface area contributed by atoms with Gasteiger partial charge in [-0.25, -0.2) is 0 Å². The Labute approximate surface area is 84.8 Å². The number of nitrogens with one attached hydrogen (secondary N) is 1. The summed E-state index contributed by atoms with van der Waals surface area (Å²) in [6, 6.07) is 5.67. The van der Waals surface area contributed by atoms with Crippen molar-refractivity contribution in [3.8, 4) is 0 Å². The minimum atomic E-state index is 0.640. The fourth-order valence-corrected chi connectivity index (χ4v) is 1.18. The monoisotopic (exact) mass is 191 g/mol. The molecule has 0 bridgehead atoms. The van der Waals surface area contributed by atoms with Crippen LogP contribution < -0.4 is 16.8 Å². The van der Waals surface area contributed by atoms with Crippen LogP contribution in [0.4, 0.5) is 11.4 Å². The second-order valence-electron chi connectivity index (χ2n) is 3.14. The van der Waals surface area contributed by atoms with E-state index in [9.17, 15) is 0 Å². The van der Waals surface area contributed by atoms with Gasteiger partial charge in [-0.3, -0.25) is 0 Å². The van der Waals surface area contributed by atoms with Gasteiger partial charge in [0.15, 0.2) is 0 Å². The molecule has 0 aliphatic rings. The van der Waals surface area contributed by atoms with Crippen molar-refractivity contribution in [2.24, 2.45) is 0 Å². The third-order valence-electron chi connectivity index (χ3n) is 2.03. The maximum Gasteiger partial charge on any atom is 0.0621 e. The van der Waals surface area contributed by atoms with E-state index in [1.165, 1.54) is 0 Å². The molecular weight excluding hydrogens is 174 g/mol. The van der Waals surface area contributed by atoms with Crippen molar-refractivity contribution < 1.29 is 0 Å². The predicted molar refractivity (Wildman–Crippen MR) is 62.8 cm³/mol. The van der Waals surface area contributed by atoms with E-state index in [1.54, 1.807) is 6.07 Å². The third-order valence-corrected chi connectivity index (χ3v) is 2.03. The number of hydrogen-bond acceptors (Lipinski definition) is 3. The van der Waals surface area contributed by atoms with E-state index in [0.29, 0.717) is 11.4 Å². The van der Waals surface area contributed by atoms with Gasteiger partial charge in [0, 0.05) is 0 Å². The zero-order valence-corrected chi connectivity index (χ0v) is 8.46. The van der Waals surface area contributed by atoms with Gasteiger partial charge < -0.3 is 16.8 Å². The molecule has 1 aromatic rings. The van der Waals surface area contributed by atoms with E-state index < -0.39 is 0 Å². The summed E-state index contributed by atoms with van der Waals surface area (Å²) in [4.78, 5) is 0. The highest BCUT2D eigenvalue weighted by Crippen LogP contribution is 2.20. The first kappa shape index (κ1) is 10.6. The van der Waals surface area contributed by atoms with Crippen molar-refractivity contribution in [2.75, 3.05) is 25.1 Å². The Kier molecular flexibility index (Phi) is 4.01. The minimum Gasteiger partial charge on any atom is -0.397 e. The molecule has 3 heteroatoms. The van der Waals surface area contributed by atoms with Gasteiger partial charge in [-0.1, -0.05) is 24.3 Å². The standard InChI is InChI=1S/C11H17N3/c1-14-8-3-2-5-9-6-4-7-10(12)11(9)13/h2,4-7,14H,3,8,12-13H2,1H3. The molecule has 0 saturated heterocycles. The summed E-state index contributed by atoms with van der Waals surface area (Å²) in [7, 11) is 1.93. The van der Waals surface area contributed by atoms with E-state index in [1.807, 2.05) is 25.3 Å². The largest absolute Gasteiger partial charge is 0.397 e. The van der Waals surface area contributed by atoms with E-state index in [0.717, 1.165) is 18.5 Å². The van der Waals surface area contributed by atoms with Gasteiger partial charge in [0.2, 0.25) is 0 Å². The van der Waals surface area contributed by atoms with Crippen molar-refractivity contribution >= 4 is 17.5 Å². The van der Waals surface area contributed by atoms with E-state index >= 15 is 0 Å². The third kappa shape index (κ3) is 2.78. The molecule has 0 amide bonds. The smallest absolute Gasteiger partial charge is 0.0621 e. The molecule has 5 N–H and O–H groups in total. The van der Waals surface area contributed by atoms with Crippen LogP contribution >= 0.6 is 0 Å². The molecule has 0 unspecified atom stereocenters. The summed E-state index contributed by atoms with van der Waals surface area (Å²) in [6.07, 6.45) is 5.08. The van der Waals surface area contributed by atoms with E-state index in [-0.39, 0.29) is 0 Å². The first-order valence-electron chi connectivity index (χ1n) is 4.71. The molecule has 0 atom stereocenters. The van der Waals surface area contributed by atoms with Crippen molar-refractivity contribution in [1.82, 2.24) is 5.32 Å². The molecule has 0 saturated carbocycles. The summed E-state index contributed by atoms with van der Waals surface area (Å²) < 4.78 is 0. The molecule has 1 aromatic carbocycles. The number of nitrogen functional groups attached to an aromatic ring is 2. The molecule has 76 valence electrons. The number of para-hydroxylation sites is 1. The lowest BCUT2D eigenvalue weighted by Crippen LogP contribution is -2.05. The van der Waals surface area contributed by atoms with E-state index in [4.69, 9.17) is 11.5 Å². The van der Waals surface area contributed by atoms with Crippen LogP contribution in [0.1, 0.15) is 12.0 Å². The van der Waals surface area contributed by atoms with Crippen molar-refractivity contribution in [3.63, 3.8) is 0 Å². The molecule has 0 heterocycles. The van der Waals surface area contributed by atoms with Crippen LogP contribution in [0.15, 0.2) is 24.3 Å². The van der Waals surface area contributed by atoms with Crippen LogP contribution in [0.25, 0.3) is 6.08 Å². The van der Waals surface area contributed by atoms with Crippen LogP contribution in [-0.4, -0.2) is 13.6 Å².